The first-order valence-electron chi connectivity index (χ1n) is 13.4. The Morgan fingerprint density at radius 2 is 2.00 bits per heavy atom. The Hall–Kier alpha value is -3.47. The topological polar surface area (TPSA) is 128 Å². The highest BCUT2D eigenvalue weighted by Crippen LogP contribution is 2.29. The number of ether oxygens (including phenoxy) is 1. The summed E-state index contributed by atoms with van der Waals surface area (Å²) in [6, 6.07) is 17.2. The quantitative estimate of drug-likeness (QED) is 0.254. The summed E-state index contributed by atoms with van der Waals surface area (Å²) in [6.45, 7) is 5.11. The molecule has 0 radical (unpaired) electrons. The second-order valence-corrected chi connectivity index (χ2v) is 12.2. The van der Waals surface area contributed by atoms with Crippen LogP contribution in [0.15, 0.2) is 54.6 Å². The molecule has 4 N–H and O–H groups in total. The third-order valence-electron chi connectivity index (χ3n) is 7.01. The zero-order valence-corrected chi connectivity index (χ0v) is 23.1. The number of hydrogen-bond acceptors (Lipinski definition) is 7. The molecule has 0 amide bonds. The monoisotopic (exact) mass is 549 g/mol. The lowest BCUT2D eigenvalue weighted by Crippen LogP contribution is -2.26. The smallest absolute Gasteiger partial charge is 0.355 e. The SMILES string of the molecule is CC(C)OC(=O)c1cc2ccc(CN)nc2n1Cc1cc(NS(=O)(=O)CCC2CCCN2)cc2ccccc12. The van der Waals surface area contributed by atoms with Gasteiger partial charge in [-0.15, -0.1) is 0 Å². The van der Waals surface area contributed by atoms with E-state index in [0.717, 1.165) is 41.1 Å². The molecule has 0 aliphatic carbocycles. The van der Waals surface area contributed by atoms with Crippen molar-refractivity contribution in [3.8, 4) is 0 Å². The zero-order chi connectivity index (χ0) is 27.6. The van der Waals surface area contributed by atoms with Gasteiger partial charge in [0.05, 0.1) is 24.1 Å². The largest absolute Gasteiger partial charge is 0.458 e. The number of nitrogens with zero attached hydrogens (tertiary/aromatic N) is 2. The Balaban J connectivity index is 1.54. The van der Waals surface area contributed by atoms with Gasteiger partial charge in [-0.2, -0.15) is 0 Å². The maximum Gasteiger partial charge on any atom is 0.355 e. The number of carbonyl (C=O) groups excluding carboxylic acids is 1. The number of hydrogen-bond donors (Lipinski definition) is 3. The van der Waals surface area contributed by atoms with Gasteiger partial charge >= 0.3 is 5.97 Å². The van der Waals surface area contributed by atoms with Crippen LogP contribution in [0.5, 0.6) is 0 Å². The van der Waals surface area contributed by atoms with Gasteiger partial charge in [-0.05, 0) is 86.3 Å². The van der Waals surface area contributed by atoms with Crippen molar-refractivity contribution in [1.82, 2.24) is 14.9 Å². The Morgan fingerprint density at radius 1 is 1.18 bits per heavy atom. The average Bonchev–Trinajstić information content (AvgIpc) is 3.55. The number of fused-ring (bicyclic) bond motifs is 2. The molecule has 10 heteroatoms. The van der Waals surface area contributed by atoms with Crippen LogP contribution in [0.4, 0.5) is 5.69 Å². The fourth-order valence-corrected chi connectivity index (χ4v) is 6.34. The number of rotatable bonds is 10. The summed E-state index contributed by atoms with van der Waals surface area (Å²) in [5.74, 6) is -0.398. The highest BCUT2D eigenvalue weighted by molar-refractivity contribution is 7.92. The van der Waals surface area contributed by atoms with E-state index in [0.29, 0.717) is 29.1 Å². The number of sulfonamides is 1. The van der Waals surface area contributed by atoms with Crippen LogP contribution in [0.3, 0.4) is 0 Å². The molecule has 206 valence electrons. The molecule has 1 aliphatic rings. The molecule has 1 unspecified atom stereocenters. The first-order valence-corrected chi connectivity index (χ1v) is 15.0. The number of anilines is 1. The molecule has 4 aromatic rings. The maximum absolute atomic E-state index is 13.1. The van der Waals surface area contributed by atoms with Crippen LogP contribution in [0.1, 0.15) is 54.9 Å². The number of nitrogens with one attached hydrogen (secondary N) is 2. The van der Waals surface area contributed by atoms with Crippen LogP contribution in [-0.2, 0) is 27.8 Å². The Labute approximate surface area is 228 Å². The lowest BCUT2D eigenvalue weighted by molar-refractivity contribution is 0.0366. The molecule has 0 spiro atoms. The van der Waals surface area contributed by atoms with E-state index < -0.39 is 16.0 Å². The van der Waals surface area contributed by atoms with Crippen LogP contribution < -0.4 is 15.8 Å². The van der Waals surface area contributed by atoms with Gasteiger partial charge in [0.15, 0.2) is 0 Å². The molecule has 39 heavy (non-hydrogen) atoms. The summed E-state index contributed by atoms with van der Waals surface area (Å²) >= 11 is 0. The van der Waals surface area contributed by atoms with Crippen molar-refractivity contribution in [2.45, 2.75) is 58.3 Å². The highest BCUT2D eigenvalue weighted by Gasteiger charge is 2.22. The van der Waals surface area contributed by atoms with E-state index in [1.165, 1.54) is 0 Å². The number of nitrogens with two attached hydrogens (primary N) is 1. The summed E-state index contributed by atoms with van der Waals surface area (Å²) in [7, 11) is -3.55. The van der Waals surface area contributed by atoms with Gasteiger partial charge < -0.3 is 20.4 Å². The molecule has 1 fully saturated rings. The fourth-order valence-electron chi connectivity index (χ4n) is 5.16. The van der Waals surface area contributed by atoms with Crippen LogP contribution in [0.2, 0.25) is 0 Å². The van der Waals surface area contributed by atoms with E-state index in [1.54, 1.807) is 6.07 Å². The Morgan fingerprint density at radius 3 is 2.74 bits per heavy atom. The lowest BCUT2D eigenvalue weighted by atomic mass is 10.0. The molecule has 1 aliphatic heterocycles. The van der Waals surface area contributed by atoms with E-state index in [4.69, 9.17) is 15.5 Å². The lowest BCUT2D eigenvalue weighted by Gasteiger charge is -2.16. The van der Waals surface area contributed by atoms with E-state index >= 15 is 0 Å². The molecule has 2 aromatic carbocycles. The summed E-state index contributed by atoms with van der Waals surface area (Å²) in [4.78, 5) is 17.8. The Kier molecular flexibility index (Phi) is 7.88. The number of pyridine rings is 1. The summed E-state index contributed by atoms with van der Waals surface area (Å²) in [5, 5.41) is 6.00. The van der Waals surface area contributed by atoms with Gasteiger partial charge in [-0.3, -0.25) is 4.72 Å². The van der Waals surface area contributed by atoms with Crippen molar-refractivity contribution in [2.24, 2.45) is 5.73 Å². The van der Waals surface area contributed by atoms with Gasteiger partial charge in [0.1, 0.15) is 11.3 Å². The standard InChI is InChI=1S/C29H35N5O4S/c1-19(2)38-29(35)27-16-21-9-10-24(17-30)32-28(21)34(27)18-22-15-25(14-20-6-3-4-8-26(20)22)33-39(36,37)13-11-23-7-5-12-31-23/h3-4,6,8-10,14-16,19,23,31,33H,5,7,11-13,17-18,30H2,1-2H3. The predicted molar refractivity (Wildman–Crippen MR) is 154 cm³/mol. The maximum atomic E-state index is 13.1. The third kappa shape index (κ3) is 6.24. The predicted octanol–water partition coefficient (Wildman–Crippen LogP) is 4.15. The molecular weight excluding hydrogens is 514 g/mol. The van der Waals surface area contributed by atoms with Crippen LogP contribution >= 0.6 is 0 Å². The van der Waals surface area contributed by atoms with Crippen molar-refractivity contribution in [2.75, 3.05) is 17.0 Å². The van der Waals surface area contributed by atoms with Crippen LogP contribution in [0.25, 0.3) is 21.8 Å². The van der Waals surface area contributed by atoms with Gasteiger partial charge in [0.25, 0.3) is 0 Å². The molecule has 5 rings (SSSR count). The van der Waals surface area contributed by atoms with Gasteiger partial charge in [0.2, 0.25) is 10.0 Å². The molecule has 2 aromatic heterocycles. The molecule has 3 heterocycles. The van der Waals surface area contributed by atoms with Crippen molar-refractivity contribution >= 4 is 43.5 Å². The minimum Gasteiger partial charge on any atom is -0.458 e. The molecule has 1 atom stereocenters. The van der Waals surface area contributed by atoms with Crippen molar-refractivity contribution in [3.63, 3.8) is 0 Å². The number of esters is 1. The zero-order valence-electron chi connectivity index (χ0n) is 22.3. The van der Waals surface area contributed by atoms with Crippen molar-refractivity contribution < 1.29 is 17.9 Å². The summed E-state index contributed by atoms with van der Waals surface area (Å²) in [5.41, 5.74) is 8.89. The summed E-state index contributed by atoms with van der Waals surface area (Å²) < 4.78 is 36.1. The summed E-state index contributed by atoms with van der Waals surface area (Å²) in [6.07, 6.45) is 2.37. The molecule has 1 saturated heterocycles. The second kappa shape index (κ2) is 11.3. The normalized spacial score (nSPS) is 15.8. The molecule has 0 bridgehead atoms. The van der Waals surface area contributed by atoms with E-state index in [2.05, 4.69) is 10.0 Å². The van der Waals surface area contributed by atoms with E-state index in [9.17, 15) is 13.2 Å². The Bertz CT molecular complexity index is 1610. The van der Waals surface area contributed by atoms with Gasteiger partial charge in [0, 0.05) is 23.7 Å². The number of carbonyl (C=O) groups is 1. The van der Waals surface area contributed by atoms with Crippen LogP contribution in [0, 0.1) is 0 Å². The van der Waals surface area contributed by atoms with Gasteiger partial charge in [-0.25, -0.2) is 18.2 Å². The second-order valence-electron chi connectivity index (χ2n) is 10.3. The van der Waals surface area contributed by atoms with E-state index in [1.807, 2.05) is 66.9 Å². The molecule has 0 saturated carbocycles. The molecule has 9 nitrogen and oxygen atoms in total. The highest BCUT2D eigenvalue weighted by atomic mass is 32.2. The van der Waals surface area contributed by atoms with Crippen molar-refractivity contribution in [1.29, 1.82) is 0 Å². The average molecular weight is 550 g/mol. The number of aromatic nitrogens is 2. The van der Waals surface area contributed by atoms with Gasteiger partial charge in [-0.1, -0.05) is 24.3 Å². The first kappa shape index (κ1) is 27.1. The van der Waals surface area contributed by atoms with Crippen molar-refractivity contribution in [3.05, 3.63) is 71.5 Å². The number of benzene rings is 2. The van der Waals surface area contributed by atoms with E-state index in [-0.39, 0.29) is 31.0 Å². The van der Waals surface area contributed by atoms with Crippen LogP contribution in [-0.4, -0.2) is 48.4 Å². The molecular formula is C29H35N5O4S. The third-order valence-corrected chi connectivity index (χ3v) is 8.33. The fraction of sp³-hybridized carbons (Fsp3) is 0.379. The first-order chi connectivity index (χ1) is 18.7. The minimum absolute atomic E-state index is 0.0477. The minimum atomic E-state index is -3.55.